The Bertz CT molecular complexity index is 900. The molecule has 1 N–H and O–H groups in total. The monoisotopic (exact) mass is 356 g/mol. The van der Waals surface area contributed by atoms with Gasteiger partial charge in [-0.2, -0.15) is 0 Å². The van der Waals surface area contributed by atoms with Gasteiger partial charge in [0.2, 0.25) is 0 Å². The SMILES string of the molecule is C=C(C)COCn1c(Cc2cc(C)cc(C)c2)c(C(C)C)c(=O)[nH]c1=O. The van der Waals surface area contributed by atoms with Gasteiger partial charge >= 0.3 is 5.69 Å². The largest absolute Gasteiger partial charge is 0.356 e. The molecule has 0 amide bonds. The van der Waals surface area contributed by atoms with Gasteiger partial charge in [0.25, 0.3) is 5.56 Å². The minimum atomic E-state index is -0.444. The Hall–Kier alpha value is -2.40. The normalized spacial score (nSPS) is 11.2. The van der Waals surface area contributed by atoms with Crippen LogP contribution in [0.25, 0.3) is 0 Å². The van der Waals surface area contributed by atoms with Gasteiger partial charge in [-0.25, -0.2) is 4.79 Å². The van der Waals surface area contributed by atoms with Crippen molar-refractivity contribution in [1.82, 2.24) is 9.55 Å². The van der Waals surface area contributed by atoms with Gasteiger partial charge in [-0.05, 0) is 32.3 Å². The van der Waals surface area contributed by atoms with E-state index in [0.717, 1.165) is 22.3 Å². The summed E-state index contributed by atoms with van der Waals surface area (Å²) >= 11 is 0. The molecule has 0 atom stereocenters. The van der Waals surface area contributed by atoms with Crippen LogP contribution in [0, 0.1) is 13.8 Å². The van der Waals surface area contributed by atoms with Crippen LogP contribution in [-0.4, -0.2) is 16.2 Å². The van der Waals surface area contributed by atoms with Crippen molar-refractivity contribution in [1.29, 1.82) is 0 Å². The predicted molar refractivity (Wildman–Crippen MR) is 105 cm³/mol. The van der Waals surface area contributed by atoms with Crippen LogP contribution in [0.1, 0.15) is 54.6 Å². The lowest BCUT2D eigenvalue weighted by Crippen LogP contribution is -2.36. The second kappa shape index (κ2) is 8.32. The smallest absolute Gasteiger partial charge is 0.330 e. The van der Waals surface area contributed by atoms with E-state index < -0.39 is 5.69 Å². The first-order valence-corrected chi connectivity index (χ1v) is 8.84. The average Bonchev–Trinajstić information content (AvgIpc) is 2.48. The molecule has 140 valence electrons. The van der Waals surface area contributed by atoms with E-state index in [2.05, 4.69) is 29.8 Å². The molecule has 0 unspecified atom stereocenters. The molecule has 2 aromatic rings. The second-order valence-corrected chi connectivity index (χ2v) is 7.31. The first-order valence-electron chi connectivity index (χ1n) is 8.84. The van der Waals surface area contributed by atoms with Crippen molar-refractivity contribution in [2.45, 2.75) is 53.7 Å². The predicted octanol–water partition coefficient (Wildman–Crippen LogP) is 3.42. The van der Waals surface area contributed by atoms with Crippen molar-refractivity contribution in [3.05, 3.63) is 79.1 Å². The van der Waals surface area contributed by atoms with Crippen molar-refractivity contribution in [2.75, 3.05) is 6.61 Å². The number of H-pyrrole nitrogens is 1. The highest BCUT2D eigenvalue weighted by Crippen LogP contribution is 2.19. The number of ether oxygens (including phenoxy) is 1. The Morgan fingerprint density at radius 3 is 2.35 bits per heavy atom. The molecule has 1 aromatic carbocycles. The first kappa shape index (κ1) is 19.9. The summed E-state index contributed by atoms with van der Waals surface area (Å²) in [6.07, 6.45) is 0.506. The standard InChI is InChI=1S/C21H28N2O3/c1-13(2)11-26-12-23-18(10-17-8-15(5)7-16(6)9-17)19(14(3)4)20(24)22-21(23)25/h7-9,14H,1,10-12H2,2-6H3,(H,22,24,25). The van der Waals surface area contributed by atoms with Gasteiger partial charge in [0.15, 0.2) is 0 Å². The zero-order valence-electron chi connectivity index (χ0n) is 16.3. The summed E-state index contributed by atoms with van der Waals surface area (Å²) in [6, 6.07) is 6.28. The van der Waals surface area contributed by atoms with Gasteiger partial charge in [-0.3, -0.25) is 14.3 Å². The van der Waals surface area contributed by atoms with Crippen LogP contribution in [0.15, 0.2) is 39.9 Å². The molecule has 2 rings (SSSR count). The van der Waals surface area contributed by atoms with Crippen molar-refractivity contribution in [2.24, 2.45) is 0 Å². The second-order valence-electron chi connectivity index (χ2n) is 7.31. The zero-order chi connectivity index (χ0) is 19.4. The van der Waals surface area contributed by atoms with E-state index >= 15 is 0 Å². The van der Waals surface area contributed by atoms with E-state index in [1.165, 1.54) is 4.57 Å². The molecule has 0 aliphatic rings. The summed E-state index contributed by atoms with van der Waals surface area (Å²) in [7, 11) is 0. The molecule has 1 aromatic heterocycles. The third-order valence-electron chi connectivity index (χ3n) is 4.15. The topological polar surface area (TPSA) is 64.1 Å². The van der Waals surface area contributed by atoms with E-state index in [4.69, 9.17) is 4.74 Å². The van der Waals surface area contributed by atoms with Crippen LogP contribution in [0.3, 0.4) is 0 Å². The van der Waals surface area contributed by atoms with Crippen LogP contribution in [0.5, 0.6) is 0 Å². The summed E-state index contributed by atoms with van der Waals surface area (Å²) in [6.45, 7) is 14.1. The van der Waals surface area contributed by atoms with E-state index in [0.29, 0.717) is 24.3 Å². The number of nitrogens with one attached hydrogen (secondary N) is 1. The maximum Gasteiger partial charge on any atom is 0.330 e. The van der Waals surface area contributed by atoms with Crippen LogP contribution < -0.4 is 11.2 Å². The molecule has 0 bridgehead atoms. The summed E-state index contributed by atoms with van der Waals surface area (Å²) in [5, 5.41) is 0. The third kappa shape index (κ3) is 4.82. The van der Waals surface area contributed by atoms with Crippen molar-refractivity contribution in [3.63, 3.8) is 0 Å². The molecule has 0 spiro atoms. The summed E-state index contributed by atoms with van der Waals surface area (Å²) in [4.78, 5) is 27.3. The number of rotatable bonds is 7. The molecule has 0 aliphatic heterocycles. The summed E-state index contributed by atoms with van der Waals surface area (Å²) in [5.41, 5.74) is 4.83. The maximum atomic E-state index is 12.4. The minimum absolute atomic E-state index is 0.00681. The Morgan fingerprint density at radius 1 is 1.19 bits per heavy atom. The van der Waals surface area contributed by atoms with E-state index in [9.17, 15) is 9.59 Å². The minimum Gasteiger partial charge on any atom is -0.356 e. The lowest BCUT2D eigenvalue weighted by molar-refractivity contribution is 0.0894. The van der Waals surface area contributed by atoms with Crippen molar-refractivity contribution < 1.29 is 4.74 Å². The maximum absolute atomic E-state index is 12.4. The summed E-state index contributed by atoms with van der Waals surface area (Å²) in [5.74, 6) is -0.00681. The van der Waals surface area contributed by atoms with Crippen LogP contribution >= 0.6 is 0 Å². The van der Waals surface area contributed by atoms with E-state index in [-0.39, 0.29) is 18.2 Å². The first-order chi connectivity index (χ1) is 12.2. The lowest BCUT2D eigenvalue weighted by atomic mass is 9.96. The number of nitrogens with zero attached hydrogens (tertiary/aromatic N) is 1. The molecule has 1 heterocycles. The van der Waals surface area contributed by atoms with Crippen LogP contribution in [0.4, 0.5) is 0 Å². The Kier molecular flexibility index (Phi) is 6.37. The van der Waals surface area contributed by atoms with Crippen molar-refractivity contribution >= 4 is 0 Å². The quantitative estimate of drug-likeness (QED) is 0.773. The number of aryl methyl sites for hydroxylation is 2. The molecule has 0 aliphatic carbocycles. The molecule has 0 saturated carbocycles. The highest BCUT2D eigenvalue weighted by Gasteiger charge is 2.18. The fourth-order valence-electron chi connectivity index (χ4n) is 3.23. The molecule has 5 nitrogen and oxygen atoms in total. The molecule has 0 saturated heterocycles. The average molecular weight is 356 g/mol. The van der Waals surface area contributed by atoms with Gasteiger partial charge in [-0.1, -0.05) is 55.3 Å². The van der Waals surface area contributed by atoms with Crippen LogP contribution in [-0.2, 0) is 17.9 Å². The summed E-state index contributed by atoms with van der Waals surface area (Å²) < 4.78 is 7.13. The molecule has 26 heavy (non-hydrogen) atoms. The molecule has 0 fully saturated rings. The van der Waals surface area contributed by atoms with Crippen LogP contribution in [0.2, 0.25) is 0 Å². The van der Waals surface area contributed by atoms with Crippen molar-refractivity contribution in [3.8, 4) is 0 Å². The number of hydrogen-bond acceptors (Lipinski definition) is 3. The molecule has 5 heteroatoms. The zero-order valence-corrected chi connectivity index (χ0v) is 16.3. The highest BCUT2D eigenvalue weighted by atomic mass is 16.5. The van der Waals surface area contributed by atoms with Gasteiger partial charge in [-0.15, -0.1) is 0 Å². The lowest BCUT2D eigenvalue weighted by Gasteiger charge is -2.19. The number of hydrogen-bond donors (Lipinski definition) is 1. The van der Waals surface area contributed by atoms with E-state index in [1.807, 2.05) is 34.6 Å². The molecule has 0 radical (unpaired) electrons. The highest BCUT2D eigenvalue weighted by molar-refractivity contribution is 5.34. The fourth-order valence-corrected chi connectivity index (χ4v) is 3.23. The van der Waals surface area contributed by atoms with Gasteiger partial charge < -0.3 is 4.74 Å². The number of benzene rings is 1. The van der Waals surface area contributed by atoms with Gasteiger partial charge in [0.1, 0.15) is 6.73 Å². The number of aromatic nitrogens is 2. The Morgan fingerprint density at radius 2 is 1.81 bits per heavy atom. The number of aromatic amines is 1. The van der Waals surface area contributed by atoms with Gasteiger partial charge in [0, 0.05) is 17.7 Å². The fraction of sp³-hybridized carbons (Fsp3) is 0.429. The van der Waals surface area contributed by atoms with E-state index in [1.54, 1.807) is 0 Å². The molecular formula is C21H28N2O3. The Balaban J connectivity index is 2.56. The van der Waals surface area contributed by atoms with Gasteiger partial charge in [0.05, 0.1) is 6.61 Å². The Labute approximate surface area is 154 Å². The third-order valence-corrected chi connectivity index (χ3v) is 4.15. The molecular weight excluding hydrogens is 328 g/mol.